The molecule has 3 aromatic rings. The average Bonchev–Trinajstić information content (AvgIpc) is 2.87. The highest BCUT2D eigenvalue weighted by atomic mass is 35.5. The molecule has 0 aliphatic carbocycles. The van der Waals surface area contributed by atoms with Crippen molar-refractivity contribution in [2.24, 2.45) is 7.05 Å². The number of aryl methyl sites for hydroxylation is 2. The van der Waals surface area contributed by atoms with E-state index in [-0.39, 0.29) is 12.4 Å². The molecular formula is C15H14ClN5O2. The number of nitrogens with zero attached hydrogens (tertiary/aromatic N) is 5. The van der Waals surface area contributed by atoms with Gasteiger partial charge in [-0.15, -0.1) is 4.68 Å². The van der Waals surface area contributed by atoms with Crippen LogP contribution in [0.3, 0.4) is 0 Å². The Morgan fingerprint density at radius 1 is 1.35 bits per heavy atom. The van der Waals surface area contributed by atoms with E-state index in [2.05, 4.69) is 15.4 Å². The second-order valence-corrected chi connectivity index (χ2v) is 5.28. The minimum absolute atomic E-state index is 0.100. The molecule has 0 atom stereocenters. The molecule has 3 rings (SSSR count). The highest BCUT2D eigenvalue weighted by Crippen LogP contribution is 2.23. The summed E-state index contributed by atoms with van der Waals surface area (Å²) in [6.07, 6.45) is 1.49. The highest BCUT2D eigenvalue weighted by Gasteiger charge is 2.16. The van der Waals surface area contributed by atoms with Gasteiger partial charge in [0, 0.05) is 13.2 Å². The Balaban J connectivity index is 1.96. The Morgan fingerprint density at radius 3 is 2.87 bits per heavy atom. The predicted octanol–water partition coefficient (Wildman–Crippen LogP) is 1.90. The molecule has 0 saturated heterocycles. The van der Waals surface area contributed by atoms with Crippen LogP contribution in [0, 0.1) is 6.92 Å². The first kappa shape index (κ1) is 14.0. The van der Waals surface area contributed by atoms with Gasteiger partial charge in [0.25, 0.3) is 0 Å². The number of halogens is 1. The largest absolute Gasteiger partial charge is 0.488 e. The lowest BCUT2D eigenvalue weighted by Gasteiger charge is -2.12. The Labute approximate surface area is 138 Å². The van der Waals surface area contributed by atoms with E-state index in [1.165, 1.54) is 13.2 Å². The number of aromatic nitrogens is 5. The third kappa shape index (κ3) is 2.95. The third-order valence-corrected chi connectivity index (χ3v) is 3.64. The van der Waals surface area contributed by atoms with Gasteiger partial charge in [0.2, 0.25) is 0 Å². The molecule has 2 heterocycles. The highest BCUT2D eigenvalue weighted by molar-refractivity contribution is 6.31. The standard InChI is InChI=1S/C15H14ClN5O2/c1-10-5-3-4-6-13(10)23-9-11-12(16)7-8-17-14(11)21-15(22)20(2)18-19-21/h3-8H,9H2,1-2H3/i3T. The number of benzene rings is 1. The second kappa shape index (κ2) is 6.21. The molecule has 0 saturated carbocycles. The number of pyridine rings is 1. The maximum Gasteiger partial charge on any atom is 0.369 e. The number of para-hydroxylation sites is 1. The lowest BCUT2D eigenvalue weighted by molar-refractivity contribution is 0.303. The Kier molecular flexibility index (Phi) is 3.77. The van der Waals surface area contributed by atoms with Gasteiger partial charge < -0.3 is 4.74 Å². The summed E-state index contributed by atoms with van der Waals surface area (Å²) in [5.41, 5.74) is 0.928. The maximum absolute atomic E-state index is 12.1. The molecule has 0 fully saturated rings. The fourth-order valence-electron chi connectivity index (χ4n) is 2.03. The van der Waals surface area contributed by atoms with E-state index in [1.807, 2.05) is 6.92 Å². The van der Waals surface area contributed by atoms with Gasteiger partial charge in [0.15, 0.2) is 5.82 Å². The van der Waals surface area contributed by atoms with Crippen molar-refractivity contribution in [2.75, 3.05) is 0 Å². The number of ether oxygens (including phenoxy) is 1. The summed E-state index contributed by atoms with van der Waals surface area (Å²) in [7, 11) is 1.50. The van der Waals surface area contributed by atoms with Crippen LogP contribution in [0.25, 0.3) is 5.82 Å². The van der Waals surface area contributed by atoms with Gasteiger partial charge in [-0.05, 0) is 35.0 Å². The summed E-state index contributed by atoms with van der Waals surface area (Å²) in [6, 6.07) is 7.09. The molecule has 118 valence electrons. The van der Waals surface area contributed by atoms with Crippen LogP contribution in [0.15, 0.2) is 41.3 Å². The van der Waals surface area contributed by atoms with Crippen LogP contribution in [-0.4, -0.2) is 24.8 Å². The van der Waals surface area contributed by atoms with Crippen LogP contribution in [0.4, 0.5) is 0 Å². The zero-order chi connectivity index (χ0) is 17.3. The van der Waals surface area contributed by atoms with Gasteiger partial charge in [-0.25, -0.2) is 9.78 Å². The third-order valence-electron chi connectivity index (χ3n) is 3.29. The van der Waals surface area contributed by atoms with Crippen LogP contribution in [0.1, 0.15) is 12.5 Å². The monoisotopic (exact) mass is 333 g/mol. The van der Waals surface area contributed by atoms with Crippen LogP contribution < -0.4 is 10.4 Å². The molecule has 0 spiro atoms. The zero-order valence-electron chi connectivity index (χ0n) is 13.5. The summed E-state index contributed by atoms with van der Waals surface area (Å²) in [6.45, 7) is 1.95. The van der Waals surface area contributed by atoms with Crippen molar-refractivity contribution in [3.63, 3.8) is 0 Å². The van der Waals surface area contributed by atoms with E-state index >= 15 is 0 Å². The number of rotatable bonds is 4. The molecule has 7 nitrogen and oxygen atoms in total. The van der Waals surface area contributed by atoms with Gasteiger partial charge in [0.05, 0.1) is 12.0 Å². The van der Waals surface area contributed by atoms with E-state index in [9.17, 15) is 4.79 Å². The normalized spacial score (nSPS) is 11.3. The predicted molar refractivity (Wildman–Crippen MR) is 84.9 cm³/mol. The first-order valence-electron chi connectivity index (χ1n) is 7.30. The van der Waals surface area contributed by atoms with E-state index in [0.717, 1.165) is 14.9 Å². The fourth-order valence-corrected chi connectivity index (χ4v) is 2.23. The van der Waals surface area contributed by atoms with Gasteiger partial charge in [-0.3, -0.25) is 0 Å². The minimum atomic E-state index is -0.430. The molecular weight excluding hydrogens is 318 g/mol. The Hall–Kier alpha value is -2.67. The summed E-state index contributed by atoms with van der Waals surface area (Å²) in [4.78, 5) is 16.2. The Morgan fingerprint density at radius 2 is 2.17 bits per heavy atom. The van der Waals surface area contributed by atoms with E-state index < -0.39 is 5.69 Å². The number of tetrazole rings is 1. The summed E-state index contributed by atoms with van der Waals surface area (Å²) < 4.78 is 15.6. The van der Waals surface area contributed by atoms with Crippen molar-refractivity contribution in [1.29, 1.82) is 0 Å². The molecule has 0 N–H and O–H groups in total. The molecule has 2 aromatic heterocycles. The Bertz CT molecular complexity index is 953. The van der Waals surface area contributed by atoms with Crippen molar-refractivity contribution in [3.8, 4) is 11.6 Å². The van der Waals surface area contributed by atoms with Crippen molar-refractivity contribution in [3.05, 3.63) is 63.1 Å². The quantitative estimate of drug-likeness (QED) is 0.729. The molecule has 0 amide bonds. The van der Waals surface area contributed by atoms with Crippen molar-refractivity contribution in [1.82, 2.24) is 24.8 Å². The maximum atomic E-state index is 12.1. The van der Waals surface area contributed by atoms with Crippen molar-refractivity contribution in [2.45, 2.75) is 13.5 Å². The van der Waals surface area contributed by atoms with Gasteiger partial charge in [0.1, 0.15) is 12.4 Å². The van der Waals surface area contributed by atoms with Gasteiger partial charge >= 0.3 is 5.69 Å². The molecule has 0 radical (unpaired) electrons. The van der Waals surface area contributed by atoms with Gasteiger partial charge in [-0.1, -0.05) is 29.8 Å². The lowest BCUT2D eigenvalue weighted by Crippen LogP contribution is -2.24. The van der Waals surface area contributed by atoms with Crippen LogP contribution in [0.2, 0.25) is 5.02 Å². The number of hydrogen-bond acceptors (Lipinski definition) is 5. The smallest absolute Gasteiger partial charge is 0.369 e. The molecule has 0 bridgehead atoms. The van der Waals surface area contributed by atoms with Crippen LogP contribution in [-0.2, 0) is 13.7 Å². The zero-order valence-corrected chi connectivity index (χ0v) is 13.3. The van der Waals surface area contributed by atoms with E-state index in [4.69, 9.17) is 17.7 Å². The first-order chi connectivity index (χ1) is 11.5. The van der Waals surface area contributed by atoms with Gasteiger partial charge in [-0.2, -0.15) is 4.68 Å². The van der Waals surface area contributed by atoms with Crippen LogP contribution >= 0.6 is 11.6 Å². The molecule has 0 aliphatic heterocycles. The second-order valence-electron chi connectivity index (χ2n) is 4.87. The number of hydrogen-bond donors (Lipinski definition) is 0. The topological polar surface area (TPSA) is 74.8 Å². The molecule has 8 heteroatoms. The summed E-state index contributed by atoms with van der Waals surface area (Å²) in [5, 5.41) is 7.87. The first-order valence-corrected chi connectivity index (χ1v) is 7.18. The van der Waals surface area contributed by atoms with Crippen LogP contribution in [0.5, 0.6) is 5.75 Å². The minimum Gasteiger partial charge on any atom is -0.488 e. The lowest BCUT2D eigenvalue weighted by atomic mass is 10.2. The molecule has 0 unspecified atom stereocenters. The van der Waals surface area contributed by atoms with Crippen molar-refractivity contribution < 1.29 is 6.11 Å². The molecule has 0 aliphatic rings. The average molecular weight is 334 g/mol. The van der Waals surface area contributed by atoms with Crippen molar-refractivity contribution >= 4 is 11.6 Å². The van der Waals surface area contributed by atoms with E-state index in [1.54, 1.807) is 24.3 Å². The van der Waals surface area contributed by atoms with E-state index in [0.29, 0.717) is 22.4 Å². The SMILES string of the molecule is [3H]c1ccc(OCc2c(Cl)ccnc2-n2nnn(C)c2=O)c(C)c1. The molecule has 23 heavy (non-hydrogen) atoms. The fraction of sp³-hybridized carbons (Fsp3) is 0.200. The summed E-state index contributed by atoms with van der Waals surface area (Å²) in [5.74, 6) is 0.902. The summed E-state index contributed by atoms with van der Waals surface area (Å²) >= 11 is 6.25. The molecule has 1 aromatic carbocycles.